The zero-order valence-electron chi connectivity index (χ0n) is 21.9. The molecule has 0 spiro atoms. The smallest absolute Gasteiger partial charge is 0.264 e. The van der Waals surface area contributed by atoms with E-state index in [9.17, 15) is 18.0 Å². The molecule has 0 aliphatic rings. The molecule has 202 valence electrons. The van der Waals surface area contributed by atoms with Crippen LogP contribution in [-0.4, -0.2) is 44.3 Å². The van der Waals surface area contributed by atoms with Gasteiger partial charge in [0.25, 0.3) is 10.0 Å². The number of sulfonamides is 1. The van der Waals surface area contributed by atoms with Crippen LogP contribution in [0.2, 0.25) is 5.02 Å². The van der Waals surface area contributed by atoms with Crippen molar-refractivity contribution in [2.75, 3.05) is 17.4 Å². The number of hydrogen-bond donors (Lipinski definition) is 1. The third-order valence-electron chi connectivity index (χ3n) is 6.23. The van der Waals surface area contributed by atoms with Gasteiger partial charge >= 0.3 is 0 Å². The minimum atomic E-state index is -4.08. The molecule has 0 saturated heterocycles. The molecule has 0 unspecified atom stereocenters. The molecule has 0 aliphatic heterocycles. The number of para-hydroxylation sites is 1. The molecule has 0 radical (unpaired) electrons. The van der Waals surface area contributed by atoms with Crippen molar-refractivity contribution in [3.63, 3.8) is 0 Å². The predicted octanol–water partition coefficient (Wildman–Crippen LogP) is 5.18. The van der Waals surface area contributed by atoms with E-state index >= 15 is 0 Å². The number of amides is 2. The Hall–Kier alpha value is -3.36. The van der Waals surface area contributed by atoms with E-state index < -0.39 is 28.5 Å². The first-order valence-electron chi connectivity index (χ1n) is 12.6. The maximum absolute atomic E-state index is 13.9. The number of hydrogen-bond acceptors (Lipinski definition) is 4. The lowest BCUT2D eigenvalue weighted by Gasteiger charge is -2.32. The zero-order chi connectivity index (χ0) is 27.7. The lowest BCUT2D eigenvalue weighted by molar-refractivity contribution is -0.139. The van der Waals surface area contributed by atoms with Gasteiger partial charge in [0.15, 0.2) is 0 Å². The van der Waals surface area contributed by atoms with Gasteiger partial charge in [0, 0.05) is 18.1 Å². The summed E-state index contributed by atoms with van der Waals surface area (Å²) in [6.07, 6.45) is 1.74. The molecule has 1 N–H and O–H groups in total. The highest BCUT2D eigenvalue weighted by Gasteiger charge is 2.33. The van der Waals surface area contributed by atoms with Crippen molar-refractivity contribution in [1.82, 2.24) is 10.2 Å². The van der Waals surface area contributed by atoms with Crippen molar-refractivity contribution in [2.24, 2.45) is 0 Å². The van der Waals surface area contributed by atoms with E-state index in [1.54, 1.807) is 68.4 Å². The van der Waals surface area contributed by atoms with Crippen molar-refractivity contribution in [3.8, 4) is 0 Å². The molecule has 0 aliphatic carbocycles. The van der Waals surface area contributed by atoms with Gasteiger partial charge in [-0.1, -0.05) is 73.5 Å². The summed E-state index contributed by atoms with van der Waals surface area (Å²) in [7, 11) is -4.08. The lowest BCUT2D eigenvalue weighted by atomic mass is 10.1. The topological polar surface area (TPSA) is 86.8 Å². The van der Waals surface area contributed by atoms with Gasteiger partial charge in [0.05, 0.1) is 10.6 Å². The van der Waals surface area contributed by atoms with E-state index in [4.69, 9.17) is 11.6 Å². The van der Waals surface area contributed by atoms with Crippen LogP contribution in [0.1, 0.15) is 37.8 Å². The van der Waals surface area contributed by atoms with E-state index in [0.29, 0.717) is 22.8 Å². The summed E-state index contributed by atoms with van der Waals surface area (Å²) in [6, 6.07) is 21.2. The second-order valence-electron chi connectivity index (χ2n) is 9.08. The van der Waals surface area contributed by atoms with Gasteiger partial charge in [-0.15, -0.1) is 0 Å². The monoisotopic (exact) mass is 555 g/mol. The van der Waals surface area contributed by atoms with Crippen LogP contribution in [0.3, 0.4) is 0 Å². The highest BCUT2D eigenvalue weighted by Crippen LogP contribution is 2.27. The number of halogens is 1. The molecule has 38 heavy (non-hydrogen) atoms. The first-order valence-corrected chi connectivity index (χ1v) is 14.4. The number of carbonyl (C=O) groups is 2. The molecule has 2 amide bonds. The van der Waals surface area contributed by atoms with Crippen LogP contribution in [0.4, 0.5) is 5.69 Å². The number of benzene rings is 3. The fourth-order valence-electron chi connectivity index (χ4n) is 4.03. The Balaban J connectivity index is 2.00. The zero-order valence-corrected chi connectivity index (χ0v) is 23.5. The molecule has 3 rings (SSSR count). The molecule has 7 nitrogen and oxygen atoms in total. The Morgan fingerprint density at radius 1 is 0.974 bits per heavy atom. The third-order valence-corrected chi connectivity index (χ3v) is 8.24. The average Bonchev–Trinajstić information content (AvgIpc) is 2.91. The van der Waals surface area contributed by atoms with Crippen molar-refractivity contribution in [2.45, 2.75) is 51.1 Å². The predicted molar refractivity (Wildman–Crippen MR) is 152 cm³/mol. The highest BCUT2D eigenvalue weighted by molar-refractivity contribution is 7.92. The van der Waals surface area contributed by atoms with E-state index in [2.05, 4.69) is 5.32 Å². The lowest BCUT2D eigenvalue weighted by Crippen LogP contribution is -2.51. The van der Waals surface area contributed by atoms with Gasteiger partial charge in [0.1, 0.15) is 12.6 Å². The highest BCUT2D eigenvalue weighted by atomic mass is 35.5. The summed E-state index contributed by atoms with van der Waals surface area (Å²) >= 11 is 6.17. The molecule has 9 heteroatoms. The van der Waals surface area contributed by atoms with Crippen LogP contribution in [0.5, 0.6) is 0 Å². The summed E-state index contributed by atoms with van der Waals surface area (Å²) < 4.78 is 28.7. The van der Waals surface area contributed by atoms with Gasteiger partial charge in [-0.2, -0.15) is 0 Å². The minimum absolute atomic E-state index is 0.0720. The molecular weight excluding hydrogens is 522 g/mol. The van der Waals surface area contributed by atoms with E-state index in [0.717, 1.165) is 22.7 Å². The van der Waals surface area contributed by atoms with E-state index in [1.165, 1.54) is 17.0 Å². The number of carbonyl (C=O) groups excluding carboxylic acids is 2. The molecule has 0 saturated carbocycles. The number of rotatable bonds is 12. The fourth-order valence-corrected chi connectivity index (χ4v) is 5.74. The second-order valence-corrected chi connectivity index (χ2v) is 11.4. The SMILES string of the molecule is CCCCNC(=O)[C@@H](C)N(Cc1cccc(Cl)c1)C(=O)CN(c1ccccc1C)S(=O)(=O)c1ccccc1. The average molecular weight is 556 g/mol. The maximum Gasteiger partial charge on any atom is 0.264 e. The molecular formula is C29H34ClN3O4S. The molecule has 0 fully saturated rings. The van der Waals surface area contributed by atoms with Crippen molar-refractivity contribution < 1.29 is 18.0 Å². The Bertz CT molecular complexity index is 1350. The Morgan fingerprint density at radius 2 is 1.66 bits per heavy atom. The van der Waals surface area contributed by atoms with Crippen LogP contribution in [0.25, 0.3) is 0 Å². The number of nitrogens with zero attached hydrogens (tertiary/aromatic N) is 2. The summed E-state index contributed by atoms with van der Waals surface area (Å²) in [5, 5.41) is 3.38. The molecule has 0 aromatic heterocycles. The fraction of sp³-hybridized carbons (Fsp3) is 0.310. The van der Waals surface area contributed by atoms with E-state index in [1.807, 2.05) is 19.1 Å². The van der Waals surface area contributed by atoms with Crippen molar-refractivity contribution in [3.05, 3.63) is 95.0 Å². The maximum atomic E-state index is 13.9. The molecule has 1 atom stereocenters. The number of nitrogens with one attached hydrogen (secondary N) is 1. The molecule has 0 bridgehead atoms. The quantitative estimate of drug-likeness (QED) is 0.312. The Morgan fingerprint density at radius 3 is 2.32 bits per heavy atom. The standard InChI is InChI=1S/C29H34ClN3O4S/c1-4-5-18-31-29(35)23(3)32(20-24-13-11-14-25(30)19-24)28(34)21-33(27-17-10-9-12-22(27)2)38(36,37)26-15-7-6-8-16-26/h6-17,19,23H,4-5,18,20-21H2,1-3H3,(H,31,35)/t23-/m1/s1. The molecule has 3 aromatic rings. The minimum Gasteiger partial charge on any atom is -0.354 e. The summed E-state index contributed by atoms with van der Waals surface area (Å²) in [5.74, 6) is -0.812. The van der Waals surface area contributed by atoms with Crippen molar-refractivity contribution >= 4 is 39.1 Å². The number of unbranched alkanes of at least 4 members (excludes halogenated alkanes) is 1. The van der Waals surface area contributed by atoms with Crippen LogP contribution >= 0.6 is 11.6 Å². The first-order chi connectivity index (χ1) is 18.1. The van der Waals surface area contributed by atoms with Crippen LogP contribution in [0, 0.1) is 6.92 Å². The van der Waals surface area contributed by atoms with Crippen molar-refractivity contribution in [1.29, 1.82) is 0 Å². The second kappa shape index (κ2) is 13.4. The van der Waals surface area contributed by atoms with Crippen LogP contribution in [-0.2, 0) is 26.2 Å². The first kappa shape index (κ1) is 29.2. The number of anilines is 1. The van der Waals surface area contributed by atoms with Gasteiger partial charge in [0.2, 0.25) is 11.8 Å². The molecule has 3 aromatic carbocycles. The van der Waals surface area contributed by atoms with Gasteiger partial charge < -0.3 is 10.2 Å². The van der Waals surface area contributed by atoms with Gasteiger partial charge in [-0.3, -0.25) is 13.9 Å². The number of aryl methyl sites for hydroxylation is 1. The summed E-state index contributed by atoms with van der Waals surface area (Å²) in [6.45, 7) is 5.58. The summed E-state index contributed by atoms with van der Waals surface area (Å²) in [4.78, 5) is 28.3. The van der Waals surface area contributed by atoms with Crippen LogP contribution in [0.15, 0.2) is 83.8 Å². The normalized spacial score (nSPS) is 12.0. The summed E-state index contributed by atoms with van der Waals surface area (Å²) in [5.41, 5.74) is 1.83. The molecule has 0 heterocycles. The van der Waals surface area contributed by atoms with Gasteiger partial charge in [-0.25, -0.2) is 8.42 Å². The Kier molecular flexibility index (Phi) is 10.3. The van der Waals surface area contributed by atoms with Crippen LogP contribution < -0.4 is 9.62 Å². The largest absolute Gasteiger partial charge is 0.354 e. The third kappa shape index (κ3) is 7.36. The Labute approximate surface area is 230 Å². The van der Waals surface area contributed by atoms with Gasteiger partial charge in [-0.05, 0) is 61.7 Å². The van der Waals surface area contributed by atoms with E-state index in [-0.39, 0.29) is 17.3 Å².